The summed E-state index contributed by atoms with van der Waals surface area (Å²) in [7, 11) is -5.60. The van der Waals surface area contributed by atoms with Gasteiger partial charge in [0.05, 0.1) is 22.6 Å². The second-order valence-electron chi connectivity index (χ2n) is 6.54. The molecule has 1 saturated heterocycles. The number of ether oxygens (including phenoxy) is 1. The molecule has 1 aliphatic rings. The van der Waals surface area contributed by atoms with Crippen molar-refractivity contribution < 1.29 is 21.6 Å². The van der Waals surface area contributed by atoms with Crippen molar-refractivity contribution in [3.63, 3.8) is 0 Å². The molecule has 0 amide bonds. The lowest BCUT2D eigenvalue weighted by atomic mass is 9.95. The molecule has 146 valence electrons. The Morgan fingerprint density at radius 3 is 2.44 bits per heavy atom. The molecule has 0 spiro atoms. The van der Waals surface area contributed by atoms with Crippen molar-refractivity contribution in [1.29, 1.82) is 0 Å². The van der Waals surface area contributed by atoms with E-state index in [2.05, 4.69) is 4.98 Å². The van der Waals surface area contributed by atoms with Crippen LogP contribution in [-0.4, -0.2) is 52.6 Å². The Bertz CT molecular complexity index is 1020. The number of pyridine rings is 1. The average Bonchev–Trinajstić information content (AvgIpc) is 2.67. The van der Waals surface area contributed by atoms with Crippen LogP contribution in [0.3, 0.4) is 0 Å². The zero-order valence-corrected chi connectivity index (χ0v) is 16.8. The Balaban J connectivity index is 1.90. The molecular weight excluding hydrogens is 388 g/mol. The number of sulfonamides is 1. The summed E-state index contributed by atoms with van der Waals surface area (Å²) in [4.78, 5) is 4.62. The van der Waals surface area contributed by atoms with Crippen LogP contribution < -0.4 is 4.74 Å². The number of nitrogens with zero attached hydrogens (tertiary/aromatic N) is 2. The van der Waals surface area contributed by atoms with Crippen LogP contribution >= 0.6 is 0 Å². The second kappa shape index (κ2) is 7.57. The number of hydrogen-bond donors (Lipinski definition) is 0. The van der Waals surface area contributed by atoms with Gasteiger partial charge in [-0.2, -0.15) is 4.31 Å². The summed E-state index contributed by atoms with van der Waals surface area (Å²) < 4.78 is 56.6. The summed E-state index contributed by atoms with van der Waals surface area (Å²) in [5.74, 6) is 0.314. The SMILES string of the molecule is COc1ccc(S(=O)(=O)N2CCC[C@H](c3ncccc3S(C)(=O)=O)C2)cc1. The third-order valence-corrected chi connectivity index (χ3v) is 7.69. The van der Waals surface area contributed by atoms with Gasteiger partial charge in [-0.25, -0.2) is 16.8 Å². The molecule has 1 aliphatic heterocycles. The highest BCUT2D eigenvalue weighted by molar-refractivity contribution is 7.90. The molecule has 0 unspecified atom stereocenters. The Kier molecular flexibility index (Phi) is 5.55. The lowest BCUT2D eigenvalue weighted by Crippen LogP contribution is -2.39. The molecule has 1 atom stereocenters. The van der Waals surface area contributed by atoms with E-state index in [-0.39, 0.29) is 22.3 Å². The molecule has 2 heterocycles. The highest BCUT2D eigenvalue weighted by Crippen LogP contribution is 2.32. The average molecular weight is 411 g/mol. The zero-order valence-electron chi connectivity index (χ0n) is 15.2. The fraction of sp³-hybridized carbons (Fsp3) is 0.389. The van der Waals surface area contributed by atoms with Crippen molar-refractivity contribution in [2.24, 2.45) is 0 Å². The lowest BCUT2D eigenvalue weighted by Gasteiger charge is -2.32. The molecule has 7 nitrogen and oxygen atoms in total. The Hall–Kier alpha value is -1.97. The van der Waals surface area contributed by atoms with E-state index in [0.29, 0.717) is 30.8 Å². The Labute approximate surface area is 160 Å². The predicted molar refractivity (Wildman–Crippen MR) is 101 cm³/mol. The number of methoxy groups -OCH3 is 1. The summed E-state index contributed by atoms with van der Waals surface area (Å²) >= 11 is 0. The van der Waals surface area contributed by atoms with Crippen LogP contribution in [0.1, 0.15) is 24.5 Å². The Morgan fingerprint density at radius 2 is 1.81 bits per heavy atom. The first-order valence-electron chi connectivity index (χ1n) is 8.52. The maximum atomic E-state index is 13.0. The van der Waals surface area contributed by atoms with Crippen molar-refractivity contribution in [1.82, 2.24) is 9.29 Å². The fourth-order valence-electron chi connectivity index (χ4n) is 3.30. The summed E-state index contributed by atoms with van der Waals surface area (Å²) in [5, 5.41) is 0. The molecule has 0 saturated carbocycles. The summed E-state index contributed by atoms with van der Waals surface area (Å²) in [6, 6.07) is 9.34. The van der Waals surface area contributed by atoms with E-state index in [9.17, 15) is 16.8 Å². The van der Waals surface area contributed by atoms with Gasteiger partial charge in [-0.1, -0.05) is 0 Å². The van der Waals surface area contributed by atoms with Crippen LogP contribution in [-0.2, 0) is 19.9 Å². The minimum Gasteiger partial charge on any atom is -0.497 e. The molecular formula is C18H22N2O5S2. The predicted octanol–water partition coefficient (Wildman–Crippen LogP) is 2.06. The number of piperidine rings is 1. The van der Waals surface area contributed by atoms with Gasteiger partial charge in [0.25, 0.3) is 0 Å². The van der Waals surface area contributed by atoms with Gasteiger partial charge in [0, 0.05) is 31.5 Å². The topological polar surface area (TPSA) is 93.6 Å². The van der Waals surface area contributed by atoms with Gasteiger partial charge in [-0.15, -0.1) is 0 Å². The van der Waals surface area contributed by atoms with E-state index in [1.807, 2.05) is 0 Å². The van der Waals surface area contributed by atoms with Gasteiger partial charge >= 0.3 is 0 Å². The van der Waals surface area contributed by atoms with Gasteiger partial charge in [0.15, 0.2) is 9.84 Å². The van der Waals surface area contributed by atoms with Gasteiger partial charge in [-0.05, 0) is 49.2 Å². The fourth-order valence-corrected chi connectivity index (χ4v) is 5.75. The standard InChI is InChI=1S/C18H22N2O5S2/c1-25-15-7-9-16(10-8-15)27(23,24)20-12-4-5-14(13-20)18-17(26(2,21)22)6-3-11-19-18/h3,6-11,14H,4-5,12-13H2,1-2H3/t14-/m0/s1. The van der Waals surface area contributed by atoms with E-state index in [1.54, 1.807) is 24.4 Å². The molecule has 0 N–H and O–H groups in total. The highest BCUT2D eigenvalue weighted by Gasteiger charge is 2.33. The first-order chi connectivity index (χ1) is 12.7. The molecule has 0 bridgehead atoms. The summed E-state index contributed by atoms with van der Waals surface area (Å²) in [5.41, 5.74) is 0.439. The lowest BCUT2D eigenvalue weighted by molar-refractivity contribution is 0.310. The third kappa shape index (κ3) is 4.15. The van der Waals surface area contributed by atoms with Crippen molar-refractivity contribution in [3.05, 3.63) is 48.3 Å². The molecule has 0 aliphatic carbocycles. The monoisotopic (exact) mass is 410 g/mol. The molecule has 2 aromatic rings. The van der Waals surface area contributed by atoms with Crippen molar-refractivity contribution in [3.8, 4) is 5.75 Å². The van der Waals surface area contributed by atoms with Crippen molar-refractivity contribution in [2.75, 3.05) is 26.5 Å². The third-order valence-electron chi connectivity index (χ3n) is 4.67. The van der Waals surface area contributed by atoms with Crippen LogP contribution in [0, 0.1) is 0 Å². The quantitative estimate of drug-likeness (QED) is 0.749. The largest absolute Gasteiger partial charge is 0.497 e. The summed E-state index contributed by atoms with van der Waals surface area (Å²) in [6.07, 6.45) is 4.01. The number of benzene rings is 1. The first kappa shape index (κ1) is 19.8. The van der Waals surface area contributed by atoms with E-state index in [1.165, 1.54) is 29.6 Å². The van der Waals surface area contributed by atoms with Gasteiger partial charge in [0.1, 0.15) is 5.75 Å². The van der Waals surface area contributed by atoms with Crippen LogP contribution in [0.4, 0.5) is 0 Å². The minimum atomic E-state index is -3.68. The molecule has 1 aromatic heterocycles. The van der Waals surface area contributed by atoms with Crippen molar-refractivity contribution >= 4 is 19.9 Å². The number of sulfone groups is 1. The molecule has 3 rings (SSSR count). The number of aromatic nitrogens is 1. The normalized spacial score (nSPS) is 19.0. The second-order valence-corrected chi connectivity index (χ2v) is 10.5. The molecule has 27 heavy (non-hydrogen) atoms. The maximum Gasteiger partial charge on any atom is 0.243 e. The maximum absolute atomic E-state index is 13.0. The van der Waals surface area contributed by atoms with Crippen LogP contribution in [0.25, 0.3) is 0 Å². The number of rotatable bonds is 5. The zero-order chi connectivity index (χ0) is 19.7. The molecule has 9 heteroatoms. The van der Waals surface area contributed by atoms with Gasteiger partial charge < -0.3 is 4.74 Å². The van der Waals surface area contributed by atoms with E-state index in [0.717, 1.165) is 6.26 Å². The van der Waals surface area contributed by atoms with Crippen LogP contribution in [0.2, 0.25) is 0 Å². The minimum absolute atomic E-state index is 0.165. The van der Waals surface area contributed by atoms with Crippen LogP contribution in [0.5, 0.6) is 5.75 Å². The Morgan fingerprint density at radius 1 is 1.11 bits per heavy atom. The van der Waals surface area contributed by atoms with E-state index < -0.39 is 19.9 Å². The molecule has 0 radical (unpaired) electrons. The van der Waals surface area contributed by atoms with Crippen molar-refractivity contribution in [2.45, 2.75) is 28.6 Å². The van der Waals surface area contributed by atoms with Gasteiger partial charge in [-0.3, -0.25) is 4.98 Å². The summed E-state index contributed by atoms with van der Waals surface area (Å²) in [6.45, 7) is 0.597. The highest BCUT2D eigenvalue weighted by atomic mass is 32.2. The molecule has 1 fully saturated rings. The number of hydrogen-bond acceptors (Lipinski definition) is 6. The smallest absolute Gasteiger partial charge is 0.243 e. The van der Waals surface area contributed by atoms with Gasteiger partial charge in [0.2, 0.25) is 10.0 Å². The van der Waals surface area contributed by atoms with E-state index >= 15 is 0 Å². The van der Waals surface area contributed by atoms with E-state index in [4.69, 9.17) is 4.74 Å². The molecule has 1 aromatic carbocycles. The van der Waals surface area contributed by atoms with Crippen LogP contribution in [0.15, 0.2) is 52.4 Å². The first-order valence-corrected chi connectivity index (χ1v) is 11.9.